The predicted molar refractivity (Wildman–Crippen MR) is 66.0 cm³/mol. The van der Waals surface area contributed by atoms with Gasteiger partial charge in [0.05, 0.1) is 6.61 Å². The Morgan fingerprint density at radius 3 is 2.88 bits per heavy atom. The van der Waals surface area contributed by atoms with Gasteiger partial charge < -0.3 is 10.1 Å². The minimum atomic E-state index is 0.654. The molecule has 0 aromatic rings. The summed E-state index contributed by atoms with van der Waals surface area (Å²) in [5, 5.41) is 3.09. The fourth-order valence-electron chi connectivity index (χ4n) is 2.14. The van der Waals surface area contributed by atoms with Crippen LogP contribution < -0.4 is 16.6 Å². The number of guanidine groups is 1. The summed E-state index contributed by atoms with van der Waals surface area (Å²) in [6.45, 7) is 4.55. The summed E-state index contributed by atoms with van der Waals surface area (Å²) in [4.78, 5) is 4.44. The molecule has 2 atom stereocenters. The lowest BCUT2D eigenvalue weighted by molar-refractivity contribution is 0.203. The van der Waals surface area contributed by atoms with Gasteiger partial charge in [-0.3, -0.25) is 10.4 Å². The fraction of sp³-hybridized carbons (Fsp3) is 0.909. The van der Waals surface area contributed by atoms with Gasteiger partial charge in [0.1, 0.15) is 0 Å². The molecule has 1 fully saturated rings. The number of nitrogens with two attached hydrogens (primary N) is 1. The summed E-state index contributed by atoms with van der Waals surface area (Å²) in [5.41, 5.74) is 2.58. The molecule has 2 unspecified atom stereocenters. The molecule has 0 spiro atoms. The zero-order chi connectivity index (χ0) is 11.8. The van der Waals surface area contributed by atoms with Crippen LogP contribution in [0.25, 0.3) is 0 Å². The Labute approximate surface area is 97.8 Å². The van der Waals surface area contributed by atoms with Crippen LogP contribution in [0.5, 0.6) is 0 Å². The Balaban J connectivity index is 2.23. The highest BCUT2D eigenvalue weighted by Crippen LogP contribution is 2.30. The van der Waals surface area contributed by atoms with Gasteiger partial charge in [-0.1, -0.05) is 13.3 Å². The molecule has 94 valence electrons. The molecule has 1 aliphatic rings. The van der Waals surface area contributed by atoms with Crippen LogP contribution in [0.15, 0.2) is 4.99 Å². The number of hydrogen-bond donors (Lipinski definition) is 3. The van der Waals surface area contributed by atoms with Gasteiger partial charge >= 0.3 is 0 Å². The van der Waals surface area contributed by atoms with E-state index in [1.54, 1.807) is 7.11 Å². The second-order valence-corrected chi connectivity index (χ2v) is 4.54. The fourth-order valence-corrected chi connectivity index (χ4v) is 2.14. The molecule has 1 rings (SSSR count). The van der Waals surface area contributed by atoms with E-state index in [1.165, 1.54) is 19.3 Å². The Kier molecular flexibility index (Phi) is 6.18. The summed E-state index contributed by atoms with van der Waals surface area (Å²) < 4.78 is 4.94. The summed E-state index contributed by atoms with van der Waals surface area (Å²) in [5.74, 6) is 7.63. The maximum absolute atomic E-state index is 5.38. The molecule has 0 saturated heterocycles. The summed E-state index contributed by atoms with van der Waals surface area (Å²) in [6, 6.07) is 0. The van der Waals surface area contributed by atoms with Gasteiger partial charge in [0, 0.05) is 20.2 Å². The van der Waals surface area contributed by atoms with E-state index >= 15 is 0 Å². The van der Waals surface area contributed by atoms with E-state index in [2.05, 4.69) is 22.7 Å². The molecule has 4 N–H and O–H groups in total. The van der Waals surface area contributed by atoms with E-state index in [1.807, 2.05) is 0 Å². The van der Waals surface area contributed by atoms with Crippen LogP contribution in [-0.2, 0) is 4.74 Å². The third-order valence-corrected chi connectivity index (χ3v) is 3.05. The lowest BCUT2D eigenvalue weighted by Crippen LogP contribution is -2.43. The van der Waals surface area contributed by atoms with Crippen LogP contribution >= 0.6 is 0 Å². The molecule has 5 heteroatoms. The van der Waals surface area contributed by atoms with Crippen LogP contribution in [0.3, 0.4) is 0 Å². The number of nitrogens with one attached hydrogen (secondary N) is 2. The molecule has 1 aliphatic carbocycles. The molecule has 0 radical (unpaired) electrons. The van der Waals surface area contributed by atoms with Crippen molar-refractivity contribution in [3.05, 3.63) is 0 Å². The first-order valence-corrected chi connectivity index (χ1v) is 6.00. The molecule has 16 heavy (non-hydrogen) atoms. The maximum Gasteiger partial charge on any atom is 0.205 e. The first-order chi connectivity index (χ1) is 7.76. The Morgan fingerprint density at radius 2 is 2.31 bits per heavy atom. The first kappa shape index (κ1) is 13.3. The van der Waals surface area contributed by atoms with E-state index in [0.717, 1.165) is 24.9 Å². The third-order valence-electron chi connectivity index (χ3n) is 3.05. The predicted octanol–water partition coefficient (Wildman–Crippen LogP) is 0.478. The molecule has 0 amide bonds. The average molecular weight is 228 g/mol. The number of methoxy groups -OCH3 is 1. The van der Waals surface area contributed by atoms with E-state index in [4.69, 9.17) is 10.6 Å². The number of hydrazine groups is 1. The highest BCUT2D eigenvalue weighted by Gasteiger charge is 2.20. The van der Waals surface area contributed by atoms with Gasteiger partial charge in [0.25, 0.3) is 0 Å². The van der Waals surface area contributed by atoms with Gasteiger partial charge in [-0.15, -0.1) is 0 Å². The molecule has 1 saturated carbocycles. The lowest BCUT2D eigenvalue weighted by atomic mass is 10.1. The number of rotatable bonds is 5. The molecule has 0 aromatic heterocycles. The van der Waals surface area contributed by atoms with E-state index < -0.39 is 0 Å². The highest BCUT2D eigenvalue weighted by molar-refractivity contribution is 5.79. The van der Waals surface area contributed by atoms with E-state index in [0.29, 0.717) is 12.6 Å². The van der Waals surface area contributed by atoms with Gasteiger partial charge in [0.2, 0.25) is 5.96 Å². The van der Waals surface area contributed by atoms with Gasteiger partial charge in [-0.05, 0) is 24.7 Å². The van der Waals surface area contributed by atoms with Crippen molar-refractivity contribution >= 4 is 5.96 Å². The van der Waals surface area contributed by atoms with Crippen LogP contribution in [0.2, 0.25) is 0 Å². The Bertz CT molecular complexity index is 220. The molecular weight excluding hydrogens is 204 g/mol. The summed E-state index contributed by atoms with van der Waals surface area (Å²) in [6.07, 6.45) is 3.92. The topological polar surface area (TPSA) is 71.7 Å². The number of hydrogen-bond acceptors (Lipinski definition) is 3. The number of aliphatic imine (C=N–C) groups is 1. The first-order valence-electron chi connectivity index (χ1n) is 6.00. The molecule has 0 aromatic carbocycles. The average Bonchev–Trinajstić information content (AvgIpc) is 2.69. The Morgan fingerprint density at radius 1 is 1.50 bits per heavy atom. The molecule has 0 heterocycles. The van der Waals surface area contributed by atoms with Crippen molar-refractivity contribution in [2.75, 3.05) is 26.8 Å². The molecule has 0 aliphatic heterocycles. The van der Waals surface area contributed by atoms with Gasteiger partial charge in [-0.2, -0.15) is 0 Å². The largest absolute Gasteiger partial charge is 0.383 e. The highest BCUT2D eigenvalue weighted by atomic mass is 16.5. The molecule has 5 nitrogen and oxygen atoms in total. The third kappa shape index (κ3) is 4.81. The van der Waals surface area contributed by atoms with Crippen molar-refractivity contribution in [1.29, 1.82) is 0 Å². The van der Waals surface area contributed by atoms with Crippen molar-refractivity contribution in [3.63, 3.8) is 0 Å². The SMILES string of the molecule is COCCNC(=NCC1CCC(C)C1)NN. The Hall–Kier alpha value is -0.810. The standard InChI is InChI=1S/C11H24N4O/c1-9-3-4-10(7-9)8-14-11(15-12)13-5-6-16-2/h9-10H,3-8,12H2,1-2H3,(H2,13,14,15). The minimum Gasteiger partial charge on any atom is -0.383 e. The number of ether oxygens (including phenoxy) is 1. The zero-order valence-corrected chi connectivity index (χ0v) is 10.3. The van der Waals surface area contributed by atoms with Crippen LogP contribution in [0, 0.1) is 11.8 Å². The zero-order valence-electron chi connectivity index (χ0n) is 10.3. The molecular formula is C11H24N4O. The second-order valence-electron chi connectivity index (χ2n) is 4.54. The molecule has 0 bridgehead atoms. The van der Waals surface area contributed by atoms with Crippen molar-refractivity contribution < 1.29 is 4.74 Å². The van der Waals surface area contributed by atoms with Crippen LogP contribution in [0.1, 0.15) is 26.2 Å². The second kappa shape index (κ2) is 7.46. The summed E-state index contributed by atoms with van der Waals surface area (Å²) >= 11 is 0. The monoisotopic (exact) mass is 228 g/mol. The number of nitrogens with zero attached hydrogens (tertiary/aromatic N) is 1. The normalized spacial score (nSPS) is 25.8. The summed E-state index contributed by atoms with van der Waals surface area (Å²) in [7, 11) is 1.67. The smallest absolute Gasteiger partial charge is 0.205 e. The quantitative estimate of drug-likeness (QED) is 0.210. The van der Waals surface area contributed by atoms with E-state index in [-0.39, 0.29) is 0 Å². The van der Waals surface area contributed by atoms with Gasteiger partial charge in [0.15, 0.2) is 0 Å². The maximum atomic E-state index is 5.38. The van der Waals surface area contributed by atoms with Crippen molar-refractivity contribution in [2.45, 2.75) is 26.2 Å². The van der Waals surface area contributed by atoms with Crippen molar-refractivity contribution in [3.8, 4) is 0 Å². The van der Waals surface area contributed by atoms with Gasteiger partial charge in [-0.25, -0.2) is 5.84 Å². The minimum absolute atomic E-state index is 0.654. The van der Waals surface area contributed by atoms with Crippen molar-refractivity contribution in [2.24, 2.45) is 22.7 Å². The van der Waals surface area contributed by atoms with Crippen LogP contribution in [-0.4, -0.2) is 32.8 Å². The van der Waals surface area contributed by atoms with Crippen LogP contribution in [0.4, 0.5) is 0 Å². The van der Waals surface area contributed by atoms with E-state index in [9.17, 15) is 0 Å². The van der Waals surface area contributed by atoms with Crippen molar-refractivity contribution in [1.82, 2.24) is 10.7 Å². The lowest BCUT2D eigenvalue weighted by Gasteiger charge is -2.10.